The van der Waals surface area contributed by atoms with E-state index in [1.165, 1.54) is 0 Å². The van der Waals surface area contributed by atoms with E-state index in [1.807, 2.05) is 0 Å². The van der Waals surface area contributed by atoms with Gasteiger partial charge in [-0.15, -0.1) is 0 Å². The predicted octanol–water partition coefficient (Wildman–Crippen LogP) is -0.116. The number of piperazine rings is 1. The van der Waals surface area contributed by atoms with Gasteiger partial charge in [-0.2, -0.15) is 0 Å². The van der Waals surface area contributed by atoms with Gasteiger partial charge < -0.3 is 10.2 Å². The molecule has 0 spiro atoms. The highest BCUT2D eigenvalue weighted by Crippen LogP contribution is 2.30. The molecule has 0 aromatic carbocycles. The van der Waals surface area contributed by atoms with Gasteiger partial charge in [-0.25, -0.2) is 0 Å². The fourth-order valence-electron chi connectivity index (χ4n) is 1.79. The Morgan fingerprint density at radius 1 is 1.31 bits per heavy atom. The second-order valence-corrected chi connectivity index (χ2v) is 3.88. The van der Waals surface area contributed by atoms with Crippen LogP contribution >= 0.6 is 0 Å². The second kappa shape index (κ2) is 2.72. The van der Waals surface area contributed by atoms with Gasteiger partial charge >= 0.3 is 0 Å². The van der Waals surface area contributed by atoms with Crippen LogP contribution in [0, 0.1) is 0 Å². The first-order valence-electron chi connectivity index (χ1n) is 4.74. The SMILES string of the molecule is CC1NC(=O)C(C)N(C2CC2)C1=O. The van der Waals surface area contributed by atoms with E-state index in [-0.39, 0.29) is 23.9 Å². The maximum Gasteiger partial charge on any atom is 0.245 e. The molecule has 1 heterocycles. The molecule has 0 radical (unpaired) electrons. The summed E-state index contributed by atoms with van der Waals surface area (Å²) in [6.07, 6.45) is 2.10. The molecule has 2 fully saturated rings. The van der Waals surface area contributed by atoms with Crippen molar-refractivity contribution in [1.82, 2.24) is 10.2 Å². The molecule has 0 aromatic heterocycles. The van der Waals surface area contributed by atoms with Gasteiger partial charge in [-0.1, -0.05) is 0 Å². The van der Waals surface area contributed by atoms with Gasteiger partial charge in [-0.05, 0) is 26.7 Å². The number of hydrogen-bond donors (Lipinski definition) is 1. The number of amides is 2. The molecule has 2 unspecified atom stereocenters. The topological polar surface area (TPSA) is 49.4 Å². The maximum absolute atomic E-state index is 11.7. The summed E-state index contributed by atoms with van der Waals surface area (Å²) in [4.78, 5) is 24.8. The van der Waals surface area contributed by atoms with Crippen molar-refractivity contribution in [3.63, 3.8) is 0 Å². The van der Waals surface area contributed by atoms with Crippen molar-refractivity contribution in [2.75, 3.05) is 0 Å². The van der Waals surface area contributed by atoms with Crippen molar-refractivity contribution in [2.24, 2.45) is 0 Å². The molecule has 0 aromatic rings. The monoisotopic (exact) mass is 182 g/mol. The largest absolute Gasteiger partial charge is 0.343 e. The van der Waals surface area contributed by atoms with Crippen LogP contribution in [-0.4, -0.2) is 34.8 Å². The summed E-state index contributed by atoms with van der Waals surface area (Å²) >= 11 is 0. The molecule has 2 aliphatic rings. The molecule has 1 saturated carbocycles. The van der Waals surface area contributed by atoms with Crippen molar-refractivity contribution in [1.29, 1.82) is 0 Å². The molecule has 0 bridgehead atoms. The highest BCUT2D eigenvalue weighted by molar-refractivity contribution is 5.96. The van der Waals surface area contributed by atoms with Crippen LogP contribution in [-0.2, 0) is 9.59 Å². The van der Waals surface area contributed by atoms with E-state index in [0.717, 1.165) is 12.8 Å². The predicted molar refractivity (Wildman–Crippen MR) is 46.9 cm³/mol. The highest BCUT2D eigenvalue weighted by Gasteiger charge is 2.43. The van der Waals surface area contributed by atoms with Crippen molar-refractivity contribution < 1.29 is 9.59 Å². The van der Waals surface area contributed by atoms with Crippen molar-refractivity contribution >= 4 is 11.8 Å². The molecule has 2 amide bonds. The quantitative estimate of drug-likeness (QED) is 0.615. The van der Waals surface area contributed by atoms with Crippen LogP contribution in [0.4, 0.5) is 0 Å². The molecule has 4 heteroatoms. The minimum absolute atomic E-state index is 0.0287. The van der Waals surface area contributed by atoms with Gasteiger partial charge in [0.05, 0.1) is 0 Å². The number of hydrogen-bond acceptors (Lipinski definition) is 2. The lowest BCUT2D eigenvalue weighted by molar-refractivity contribution is -0.148. The first-order valence-corrected chi connectivity index (χ1v) is 4.74. The Morgan fingerprint density at radius 3 is 2.46 bits per heavy atom. The van der Waals surface area contributed by atoms with Crippen LogP contribution < -0.4 is 5.32 Å². The smallest absolute Gasteiger partial charge is 0.245 e. The average molecular weight is 182 g/mol. The third-order valence-electron chi connectivity index (χ3n) is 2.72. The number of nitrogens with one attached hydrogen (secondary N) is 1. The number of rotatable bonds is 1. The van der Waals surface area contributed by atoms with Crippen molar-refractivity contribution in [3.8, 4) is 0 Å². The summed E-state index contributed by atoms with van der Waals surface area (Å²) in [6.45, 7) is 3.53. The van der Waals surface area contributed by atoms with Crippen LogP contribution in [0.15, 0.2) is 0 Å². The summed E-state index contributed by atoms with van der Waals surface area (Å²) in [5.41, 5.74) is 0. The maximum atomic E-state index is 11.7. The zero-order valence-corrected chi connectivity index (χ0v) is 7.91. The van der Waals surface area contributed by atoms with E-state index < -0.39 is 0 Å². The first kappa shape index (κ1) is 8.53. The minimum Gasteiger partial charge on any atom is -0.343 e. The second-order valence-electron chi connectivity index (χ2n) is 3.88. The molecule has 2 atom stereocenters. The molecule has 72 valence electrons. The molecule has 4 nitrogen and oxygen atoms in total. The van der Waals surface area contributed by atoms with E-state index in [1.54, 1.807) is 18.7 Å². The lowest BCUT2D eigenvalue weighted by atomic mass is 10.1. The summed E-state index contributed by atoms with van der Waals surface area (Å²) in [7, 11) is 0. The summed E-state index contributed by atoms with van der Waals surface area (Å²) in [5, 5.41) is 2.66. The van der Waals surface area contributed by atoms with Crippen LogP contribution in [0.3, 0.4) is 0 Å². The Hall–Kier alpha value is -1.06. The molecular weight excluding hydrogens is 168 g/mol. The lowest BCUT2D eigenvalue weighted by Crippen LogP contribution is -2.62. The van der Waals surface area contributed by atoms with Gasteiger partial charge in [-0.3, -0.25) is 9.59 Å². The lowest BCUT2D eigenvalue weighted by Gasteiger charge is -2.36. The molecule has 1 aliphatic carbocycles. The Morgan fingerprint density at radius 2 is 1.92 bits per heavy atom. The Bertz CT molecular complexity index is 260. The van der Waals surface area contributed by atoms with E-state index >= 15 is 0 Å². The van der Waals surface area contributed by atoms with Crippen molar-refractivity contribution in [3.05, 3.63) is 0 Å². The number of nitrogens with zero attached hydrogens (tertiary/aromatic N) is 1. The van der Waals surface area contributed by atoms with Crippen LogP contribution in [0.5, 0.6) is 0 Å². The Kier molecular flexibility index (Phi) is 1.78. The molecular formula is C9H14N2O2. The van der Waals surface area contributed by atoms with Gasteiger partial charge in [0, 0.05) is 6.04 Å². The fourth-order valence-corrected chi connectivity index (χ4v) is 1.79. The van der Waals surface area contributed by atoms with Gasteiger partial charge in [0.25, 0.3) is 0 Å². The molecule has 1 saturated heterocycles. The highest BCUT2D eigenvalue weighted by atomic mass is 16.2. The van der Waals surface area contributed by atoms with E-state index in [2.05, 4.69) is 5.32 Å². The first-order chi connectivity index (χ1) is 6.11. The number of carbonyl (C=O) groups is 2. The third kappa shape index (κ3) is 1.30. The van der Waals surface area contributed by atoms with Gasteiger partial charge in [0.15, 0.2) is 0 Å². The Labute approximate surface area is 77.3 Å². The fraction of sp³-hybridized carbons (Fsp3) is 0.778. The zero-order valence-electron chi connectivity index (χ0n) is 7.91. The molecule has 13 heavy (non-hydrogen) atoms. The minimum atomic E-state index is -0.343. The molecule has 1 aliphatic heterocycles. The van der Waals surface area contributed by atoms with Crippen molar-refractivity contribution in [2.45, 2.75) is 44.8 Å². The molecule has 2 rings (SSSR count). The summed E-state index contributed by atoms with van der Waals surface area (Å²) < 4.78 is 0. The Balaban J connectivity index is 2.19. The number of carbonyl (C=O) groups excluding carboxylic acids is 2. The zero-order chi connectivity index (χ0) is 9.59. The van der Waals surface area contributed by atoms with Gasteiger partial charge in [0.2, 0.25) is 11.8 Å². The molecule has 1 N–H and O–H groups in total. The van der Waals surface area contributed by atoms with Crippen LogP contribution in [0.25, 0.3) is 0 Å². The van der Waals surface area contributed by atoms with Crippen LogP contribution in [0.2, 0.25) is 0 Å². The van der Waals surface area contributed by atoms with E-state index in [0.29, 0.717) is 6.04 Å². The van der Waals surface area contributed by atoms with Gasteiger partial charge in [0.1, 0.15) is 12.1 Å². The summed E-state index contributed by atoms with van der Waals surface area (Å²) in [5.74, 6) is 0.0357. The van der Waals surface area contributed by atoms with E-state index in [4.69, 9.17) is 0 Å². The standard InChI is InChI=1S/C9H14N2O2/c1-5-9(13)11(7-3-4-7)6(2)8(12)10-5/h5-7H,3-4H2,1-2H3,(H,10,12). The summed E-state index contributed by atoms with van der Waals surface area (Å²) in [6, 6.07) is -0.295. The average Bonchev–Trinajstić information content (AvgIpc) is 2.85. The third-order valence-corrected chi connectivity index (χ3v) is 2.72. The normalized spacial score (nSPS) is 34.8. The van der Waals surface area contributed by atoms with E-state index in [9.17, 15) is 9.59 Å². The van der Waals surface area contributed by atoms with Crippen LogP contribution in [0.1, 0.15) is 26.7 Å².